The average Bonchev–Trinajstić information content (AvgIpc) is 2.21. The van der Waals surface area contributed by atoms with E-state index >= 15 is 0 Å². The Balaban J connectivity index is 2.76. The molecular formula is C8H6BrIN2OS. The van der Waals surface area contributed by atoms with E-state index in [0.717, 1.165) is 4.47 Å². The maximum absolute atomic E-state index is 5.33. The second-order valence-electron chi connectivity index (χ2n) is 2.07. The van der Waals surface area contributed by atoms with Gasteiger partial charge in [0.25, 0.3) is 0 Å². The molecule has 0 unspecified atom stereocenters. The van der Waals surface area contributed by atoms with Crippen molar-refractivity contribution < 1.29 is 4.74 Å². The zero-order valence-electron chi connectivity index (χ0n) is 7.25. The molecule has 0 amide bonds. The first-order valence-electron chi connectivity index (χ1n) is 3.55. The van der Waals surface area contributed by atoms with Crippen LogP contribution in [0.25, 0.3) is 0 Å². The summed E-state index contributed by atoms with van der Waals surface area (Å²) in [6.07, 6.45) is 3.59. The molecule has 3 nitrogen and oxygen atoms in total. The van der Waals surface area contributed by atoms with Crippen molar-refractivity contribution in [3.05, 3.63) is 10.7 Å². The Bertz CT molecular complexity index is 377. The number of ether oxygens (including phenoxy) is 1. The third kappa shape index (κ3) is 3.63. The molecule has 0 aliphatic carbocycles. The van der Waals surface area contributed by atoms with Gasteiger partial charge in [-0.2, -0.15) is 4.98 Å². The van der Waals surface area contributed by atoms with Gasteiger partial charge < -0.3 is 4.74 Å². The predicted molar refractivity (Wildman–Crippen MR) is 68.8 cm³/mol. The van der Waals surface area contributed by atoms with Crippen LogP contribution < -0.4 is 4.74 Å². The number of hydrogen-bond acceptors (Lipinski definition) is 4. The van der Waals surface area contributed by atoms with Crippen LogP contribution in [0.1, 0.15) is 0 Å². The molecular weight excluding hydrogens is 379 g/mol. The van der Waals surface area contributed by atoms with Crippen LogP contribution >= 0.6 is 50.3 Å². The lowest BCUT2D eigenvalue weighted by Gasteiger charge is -2.03. The van der Waals surface area contributed by atoms with Gasteiger partial charge in [0.1, 0.15) is 0 Å². The van der Waals surface area contributed by atoms with Crippen LogP contribution in [0.3, 0.4) is 0 Å². The van der Waals surface area contributed by atoms with Crippen LogP contribution in [-0.4, -0.2) is 22.8 Å². The first kappa shape index (κ1) is 12.1. The molecule has 1 aromatic heterocycles. The fourth-order valence-corrected chi connectivity index (χ4v) is 1.46. The van der Waals surface area contributed by atoms with Crippen molar-refractivity contribution in [3.63, 3.8) is 0 Å². The van der Waals surface area contributed by atoms with Crippen molar-refractivity contribution in [2.75, 3.05) is 12.9 Å². The Hall–Kier alpha value is -0.0000000000000000555. The van der Waals surface area contributed by atoms with E-state index in [1.807, 2.05) is 28.8 Å². The molecule has 0 N–H and O–H groups in total. The van der Waals surface area contributed by atoms with E-state index in [1.165, 1.54) is 11.8 Å². The third-order valence-electron chi connectivity index (χ3n) is 1.22. The lowest BCUT2D eigenvalue weighted by atomic mass is 10.6. The molecule has 0 saturated carbocycles. The summed E-state index contributed by atoms with van der Waals surface area (Å²) in [5.74, 6) is 3.32. The Morgan fingerprint density at radius 3 is 3.14 bits per heavy atom. The summed E-state index contributed by atoms with van der Waals surface area (Å²) in [4.78, 5) is 8.25. The second kappa shape index (κ2) is 6.48. The number of rotatable bonds is 3. The van der Waals surface area contributed by atoms with Gasteiger partial charge >= 0.3 is 0 Å². The maximum atomic E-state index is 5.33. The van der Waals surface area contributed by atoms with Crippen molar-refractivity contribution in [1.29, 1.82) is 0 Å². The smallest absolute Gasteiger partial charge is 0.233 e. The number of nitrogens with zero attached hydrogens (tertiary/aromatic N) is 2. The Morgan fingerprint density at radius 1 is 1.71 bits per heavy atom. The van der Waals surface area contributed by atoms with Crippen molar-refractivity contribution >= 4 is 50.3 Å². The van der Waals surface area contributed by atoms with Gasteiger partial charge in [-0.3, -0.25) is 0 Å². The monoisotopic (exact) mass is 384 g/mol. The zero-order chi connectivity index (χ0) is 10.4. The van der Waals surface area contributed by atoms with E-state index < -0.39 is 0 Å². The van der Waals surface area contributed by atoms with Gasteiger partial charge in [-0.15, -0.1) is 0 Å². The summed E-state index contributed by atoms with van der Waals surface area (Å²) in [5.41, 5.74) is 0. The van der Waals surface area contributed by atoms with E-state index in [0.29, 0.717) is 17.6 Å². The summed E-state index contributed by atoms with van der Waals surface area (Å²) in [7, 11) is 0. The zero-order valence-corrected chi connectivity index (χ0v) is 11.8. The molecule has 0 radical (unpaired) electrons. The fourth-order valence-electron chi connectivity index (χ4n) is 0.668. The highest BCUT2D eigenvalue weighted by Crippen LogP contribution is 2.23. The molecule has 1 rings (SSSR count). The highest BCUT2D eigenvalue weighted by Gasteiger charge is 2.04. The van der Waals surface area contributed by atoms with Crippen LogP contribution in [0.15, 0.2) is 15.8 Å². The van der Waals surface area contributed by atoms with Gasteiger partial charge in [-0.1, -0.05) is 17.7 Å². The van der Waals surface area contributed by atoms with Gasteiger partial charge in [0.15, 0.2) is 11.8 Å². The number of aromatic nitrogens is 2. The largest absolute Gasteiger partial charge is 0.464 e. The van der Waals surface area contributed by atoms with E-state index in [9.17, 15) is 0 Å². The summed E-state index contributed by atoms with van der Waals surface area (Å²) < 4.78 is 8.79. The van der Waals surface area contributed by atoms with Crippen molar-refractivity contribution in [3.8, 4) is 15.7 Å². The number of hydrogen-bond donors (Lipinski definition) is 0. The Morgan fingerprint density at radius 2 is 2.50 bits per heavy atom. The molecule has 1 heterocycles. The molecule has 6 heteroatoms. The van der Waals surface area contributed by atoms with Crippen molar-refractivity contribution in [1.82, 2.24) is 9.97 Å². The summed E-state index contributed by atoms with van der Waals surface area (Å²) in [6.45, 7) is 0.340. The second-order valence-corrected chi connectivity index (χ2v) is 4.24. The third-order valence-corrected chi connectivity index (χ3v) is 2.71. The highest BCUT2D eigenvalue weighted by molar-refractivity contribution is 14.1. The molecule has 0 saturated heterocycles. The van der Waals surface area contributed by atoms with E-state index in [-0.39, 0.29) is 0 Å². The standard InChI is InChI=1S/C8H6BrIN2OS/c1-14-8-11-5-6(9)7(12-8)13-4-2-3-10/h5H,4H2,1H3. The molecule has 0 fully saturated rings. The first-order valence-corrected chi connectivity index (χ1v) is 6.65. The summed E-state index contributed by atoms with van der Waals surface area (Å²) in [6, 6.07) is 0. The van der Waals surface area contributed by atoms with Crippen LogP contribution in [-0.2, 0) is 0 Å². The van der Waals surface area contributed by atoms with Gasteiger partial charge in [-0.05, 0) is 26.1 Å². The molecule has 0 bridgehead atoms. The molecule has 0 aliphatic rings. The van der Waals surface area contributed by atoms with Crippen LogP contribution in [0.2, 0.25) is 0 Å². The lowest BCUT2D eigenvalue weighted by molar-refractivity contribution is 0.348. The Kier molecular flexibility index (Phi) is 5.59. The minimum atomic E-state index is 0.340. The van der Waals surface area contributed by atoms with E-state index in [2.05, 4.69) is 35.7 Å². The topological polar surface area (TPSA) is 35.0 Å². The van der Waals surface area contributed by atoms with Crippen LogP contribution in [0.5, 0.6) is 5.88 Å². The van der Waals surface area contributed by atoms with E-state index in [4.69, 9.17) is 4.74 Å². The van der Waals surface area contributed by atoms with E-state index in [1.54, 1.807) is 6.20 Å². The van der Waals surface area contributed by atoms with Crippen LogP contribution in [0.4, 0.5) is 0 Å². The molecule has 1 aromatic rings. The van der Waals surface area contributed by atoms with Gasteiger partial charge in [0.2, 0.25) is 5.88 Å². The molecule has 0 aliphatic heterocycles. The number of halogens is 2. The number of thioether (sulfide) groups is 1. The molecule has 74 valence electrons. The predicted octanol–water partition coefficient (Wildman–Crippen LogP) is 2.74. The van der Waals surface area contributed by atoms with Crippen molar-refractivity contribution in [2.45, 2.75) is 5.16 Å². The first-order chi connectivity index (χ1) is 6.77. The molecule has 0 aromatic carbocycles. The van der Waals surface area contributed by atoms with Gasteiger partial charge in [0.05, 0.1) is 4.47 Å². The lowest BCUT2D eigenvalue weighted by Crippen LogP contribution is -1.98. The van der Waals surface area contributed by atoms with Gasteiger partial charge in [0, 0.05) is 28.8 Å². The molecule has 0 spiro atoms. The van der Waals surface area contributed by atoms with Gasteiger partial charge in [-0.25, -0.2) is 4.98 Å². The van der Waals surface area contributed by atoms with Crippen LogP contribution in [0, 0.1) is 9.85 Å². The Labute approximate surface area is 109 Å². The minimum absolute atomic E-state index is 0.340. The molecule has 0 atom stereocenters. The average molecular weight is 385 g/mol. The van der Waals surface area contributed by atoms with Crippen molar-refractivity contribution in [2.24, 2.45) is 0 Å². The highest BCUT2D eigenvalue weighted by atomic mass is 127. The molecule has 14 heavy (non-hydrogen) atoms. The quantitative estimate of drug-likeness (QED) is 0.347. The summed E-state index contributed by atoms with van der Waals surface area (Å²) >= 11 is 6.74. The summed E-state index contributed by atoms with van der Waals surface area (Å²) in [5, 5.41) is 0.686. The normalized spacial score (nSPS) is 9.07. The minimum Gasteiger partial charge on any atom is -0.464 e. The maximum Gasteiger partial charge on any atom is 0.233 e. The fraction of sp³-hybridized carbons (Fsp3) is 0.250. The SMILES string of the molecule is CSc1ncc(Br)c(OCC#CI)n1.